The normalized spacial score (nSPS) is 13.7. The standard InChI is InChI=1S/C14H16ClIN2O2/c1-18(2,3)12(14(19)20)4-8-7-17-13-10(8)5-9(16)6-11(13)15/h5-7,12,17H,4H2,1-3H3/p+1/t12-/m0/s1. The number of carboxylic acid groups (broad SMARTS) is 1. The predicted molar refractivity (Wildman–Crippen MR) is 89.2 cm³/mol. The van der Waals surface area contributed by atoms with Crippen LogP contribution in [0.3, 0.4) is 0 Å². The molecule has 0 radical (unpaired) electrons. The summed E-state index contributed by atoms with van der Waals surface area (Å²) in [6.45, 7) is 0. The molecule has 1 aromatic heterocycles. The van der Waals surface area contributed by atoms with Gasteiger partial charge in [-0.25, -0.2) is 4.79 Å². The summed E-state index contributed by atoms with van der Waals surface area (Å²) in [7, 11) is 5.68. The van der Waals surface area contributed by atoms with Crippen LogP contribution in [0.2, 0.25) is 5.02 Å². The SMILES string of the molecule is C[N+](C)(C)[C@@H](Cc1c[nH]c2c(Cl)cc(I)cc12)C(=O)O. The molecule has 0 bridgehead atoms. The molecule has 0 saturated carbocycles. The maximum absolute atomic E-state index is 11.5. The molecule has 2 aromatic rings. The molecule has 0 unspecified atom stereocenters. The van der Waals surface area contributed by atoms with Gasteiger partial charge in [0.15, 0.2) is 6.04 Å². The minimum atomic E-state index is -0.788. The Morgan fingerprint density at radius 1 is 1.45 bits per heavy atom. The summed E-state index contributed by atoms with van der Waals surface area (Å²) in [4.78, 5) is 14.6. The lowest BCUT2D eigenvalue weighted by atomic mass is 10.0. The van der Waals surface area contributed by atoms with Crippen LogP contribution in [-0.4, -0.2) is 47.7 Å². The number of hydrogen-bond donors (Lipinski definition) is 2. The first-order chi connectivity index (χ1) is 9.20. The highest BCUT2D eigenvalue weighted by molar-refractivity contribution is 14.1. The van der Waals surface area contributed by atoms with Crippen LogP contribution in [0.15, 0.2) is 18.3 Å². The van der Waals surface area contributed by atoms with Crippen molar-refractivity contribution in [3.05, 3.63) is 32.5 Å². The van der Waals surface area contributed by atoms with E-state index in [-0.39, 0.29) is 0 Å². The van der Waals surface area contributed by atoms with E-state index in [1.54, 1.807) is 0 Å². The third kappa shape index (κ3) is 3.10. The molecule has 0 aliphatic carbocycles. The molecule has 0 aliphatic rings. The van der Waals surface area contributed by atoms with Crippen molar-refractivity contribution >= 4 is 51.1 Å². The maximum Gasteiger partial charge on any atom is 0.362 e. The summed E-state index contributed by atoms with van der Waals surface area (Å²) < 4.78 is 1.41. The number of aromatic amines is 1. The number of likely N-dealkylation sites (N-methyl/N-ethyl adjacent to an activating group) is 1. The zero-order chi connectivity index (χ0) is 15.1. The van der Waals surface area contributed by atoms with Gasteiger partial charge in [-0.3, -0.25) is 0 Å². The van der Waals surface area contributed by atoms with Gasteiger partial charge in [-0.15, -0.1) is 0 Å². The topological polar surface area (TPSA) is 53.1 Å². The molecular formula is C14H17ClIN2O2+. The number of halogens is 2. The Hall–Kier alpha value is -0.790. The summed E-state index contributed by atoms with van der Waals surface area (Å²) in [5.74, 6) is -0.788. The van der Waals surface area contributed by atoms with Crippen molar-refractivity contribution in [3.8, 4) is 0 Å². The van der Waals surface area contributed by atoms with Gasteiger partial charge in [0.2, 0.25) is 0 Å². The van der Waals surface area contributed by atoms with E-state index in [1.165, 1.54) is 0 Å². The predicted octanol–water partition coefficient (Wildman–Crippen LogP) is 3.13. The van der Waals surface area contributed by atoms with E-state index >= 15 is 0 Å². The van der Waals surface area contributed by atoms with Gasteiger partial charge in [0.05, 0.1) is 31.7 Å². The zero-order valence-corrected chi connectivity index (χ0v) is 14.5. The number of benzene rings is 1. The molecule has 0 spiro atoms. The van der Waals surface area contributed by atoms with E-state index in [0.717, 1.165) is 20.0 Å². The van der Waals surface area contributed by atoms with Gasteiger partial charge >= 0.3 is 5.97 Å². The zero-order valence-electron chi connectivity index (χ0n) is 11.6. The monoisotopic (exact) mass is 407 g/mol. The first-order valence-electron chi connectivity index (χ1n) is 6.19. The number of hydrogen-bond acceptors (Lipinski definition) is 1. The highest BCUT2D eigenvalue weighted by Crippen LogP contribution is 2.29. The van der Waals surface area contributed by atoms with Crippen molar-refractivity contribution in [2.45, 2.75) is 12.5 Å². The highest BCUT2D eigenvalue weighted by Gasteiger charge is 2.32. The summed E-state index contributed by atoms with van der Waals surface area (Å²) in [6.07, 6.45) is 2.33. The number of H-pyrrole nitrogens is 1. The van der Waals surface area contributed by atoms with E-state index in [1.807, 2.05) is 39.5 Å². The van der Waals surface area contributed by atoms with Crippen molar-refractivity contribution in [1.29, 1.82) is 0 Å². The van der Waals surface area contributed by atoms with Gasteiger partial charge in [-0.2, -0.15) is 0 Å². The summed E-state index contributed by atoms with van der Waals surface area (Å²) in [5.41, 5.74) is 1.86. The Morgan fingerprint density at radius 3 is 2.65 bits per heavy atom. The molecule has 0 fully saturated rings. The molecule has 1 heterocycles. The van der Waals surface area contributed by atoms with Crippen LogP contribution in [0.5, 0.6) is 0 Å². The molecule has 1 aromatic carbocycles. The van der Waals surface area contributed by atoms with Crippen molar-refractivity contribution in [3.63, 3.8) is 0 Å². The van der Waals surface area contributed by atoms with E-state index < -0.39 is 12.0 Å². The van der Waals surface area contributed by atoms with Gasteiger partial charge in [-0.05, 0) is 40.3 Å². The first kappa shape index (κ1) is 15.6. The summed E-state index contributed by atoms with van der Waals surface area (Å²) in [6, 6.07) is 3.42. The smallest absolute Gasteiger partial charge is 0.362 e. The van der Waals surface area contributed by atoms with Gasteiger partial charge in [0, 0.05) is 21.6 Å². The van der Waals surface area contributed by atoms with E-state index in [4.69, 9.17) is 11.6 Å². The van der Waals surface area contributed by atoms with Gasteiger partial charge < -0.3 is 14.6 Å². The number of carboxylic acids is 1. The Labute approximate surface area is 136 Å². The molecule has 20 heavy (non-hydrogen) atoms. The fourth-order valence-electron chi connectivity index (χ4n) is 2.28. The van der Waals surface area contributed by atoms with Gasteiger partial charge in [-0.1, -0.05) is 11.6 Å². The number of aromatic nitrogens is 1. The first-order valence-corrected chi connectivity index (χ1v) is 7.64. The van der Waals surface area contributed by atoms with Gasteiger partial charge in [0.25, 0.3) is 0 Å². The number of fused-ring (bicyclic) bond motifs is 1. The molecule has 108 valence electrons. The van der Waals surface area contributed by atoms with Crippen LogP contribution in [-0.2, 0) is 11.2 Å². The number of aliphatic carboxylic acids is 1. The Kier molecular flexibility index (Phi) is 4.32. The fraction of sp³-hybridized carbons (Fsp3) is 0.357. The largest absolute Gasteiger partial charge is 0.477 e. The molecule has 4 nitrogen and oxygen atoms in total. The maximum atomic E-state index is 11.5. The van der Waals surface area contributed by atoms with Crippen molar-refractivity contribution < 1.29 is 14.4 Å². The second kappa shape index (κ2) is 5.54. The van der Waals surface area contributed by atoms with Crippen LogP contribution in [0.4, 0.5) is 0 Å². The molecule has 0 saturated heterocycles. The Bertz CT molecular complexity index is 661. The minimum Gasteiger partial charge on any atom is -0.477 e. The second-order valence-corrected chi connectivity index (χ2v) is 7.45. The summed E-state index contributed by atoms with van der Waals surface area (Å²) >= 11 is 8.42. The van der Waals surface area contributed by atoms with Crippen LogP contribution in [0.25, 0.3) is 10.9 Å². The van der Waals surface area contributed by atoms with Crippen LogP contribution in [0.1, 0.15) is 5.56 Å². The number of quaternary nitrogens is 1. The van der Waals surface area contributed by atoms with Crippen molar-refractivity contribution in [2.24, 2.45) is 0 Å². The highest BCUT2D eigenvalue weighted by atomic mass is 127. The third-order valence-corrected chi connectivity index (χ3v) is 4.35. The second-order valence-electron chi connectivity index (χ2n) is 5.80. The molecule has 6 heteroatoms. The lowest BCUT2D eigenvalue weighted by Gasteiger charge is -2.31. The minimum absolute atomic E-state index is 0.375. The molecule has 0 amide bonds. The average molecular weight is 408 g/mol. The van der Waals surface area contributed by atoms with Crippen LogP contribution >= 0.6 is 34.2 Å². The Balaban J connectivity index is 2.46. The van der Waals surface area contributed by atoms with Crippen molar-refractivity contribution in [2.75, 3.05) is 21.1 Å². The Morgan fingerprint density at radius 2 is 2.10 bits per heavy atom. The number of nitrogens with zero attached hydrogens (tertiary/aromatic N) is 1. The molecule has 2 N–H and O–H groups in total. The summed E-state index contributed by atoms with van der Waals surface area (Å²) in [5, 5.41) is 11.1. The van der Waals surface area contributed by atoms with Gasteiger partial charge in [0.1, 0.15) is 0 Å². The molecular weight excluding hydrogens is 391 g/mol. The van der Waals surface area contributed by atoms with Crippen LogP contribution in [0, 0.1) is 3.57 Å². The lowest BCUT2D eigenvalue weighted by molar-refractivity contribution is -0.887. The molecule has 1 atom stereocenters. The number of carbonyl (C=O) groups is 1. The quantitative estimate of drug-likeness (QED) is 0.604. The van der Waals surface area contributed by atoms with Crippen LogP contribution < -0.4 is 0 Å². The number of nitrogens with one attached hydrogen (secondary N) is 1. The van der Waals surface area contributed by atoms with E-state index in [0.29, 0.717) is 15.9 Å². The van der Waals surface area contributed by atoms with E-state index in [9.17, 15) is 9.90 Å². The van der Waals surface area contributed by atoms with Crippen molar-refractivity contribution in [1.82, 2.24) is 4.98 Å². The molecule has 0 aliphatic heterocycles. The number of rotatable bonds is 4. The lowest BCUT2D eigenvalue weighted by Crippen LogP contribution is -2.51. The average Bonchev–Trinajstić information content (AvgIpc) is 2.67. The third-order valence-electron chi connectivity index (χ3n) is 3.43. The van der Waals surface area contributed by atoms with E-state index in [2.05, 4.69) is 27.6 Å². The molecule has 2 rings (SSSR count). The fourth-order valence-corrected chi connectivity index (χ4v) is 3.36.